The van der Waals surface area contributed by atoms with E-state index < -0.39 is 35.2 Å². The number of carboxylic acid groups (broad SMARTS) is 2. The van der Waals surface area contributed by atoms with Crippen molar-refractivity contribution in [3.8, 4) is 0 Å². The van der Waals surface area contributed by atoms with Gasteiger partial charge in [-0.15, -0.1) is 23.5 Å². The van der Waals surface area contributed by atoms with E-state index in [0.717, 1.165) is 21.3 Å². The molecule has 2 amide bonds. The van der Waals surface area contributed by atoms with Gasteiger partial charge in [0.25, 0.3) is 11.8 Å². The molecule has 1 saturated heterocycles. The highest BCUT2D eigenvalue weighted by atomic mass is 32.2. The number of nitrogens with one attached hydrogen (secondary N) is 1. The van der Waals surface area contributed by atoms with E-state index in [4.69, 9.17) is 15.7 Å². The molecule has 4 heterocycles. The summed E-state index contributed by atoms with van der Waals surface area (Å²) < 4.78 is 5.78. The molecule has 1 unspecified atom stereocenters. The Morgan fingerprint density at radius 3 is 2.72 bits per heavy atom. The summed E-state index contributed by atoms with van der Waals surface area (Å²) in [6, 6.07) is 2.60. The first-order valence-corrected chi connectivity index (χ1v) is 13.9. The number of oxime groups is 1. The summed E-state index contributed by atoms with van der Waals surface area (Å²) in [7, 11) is 1.24. The van der Waals surface area contributed by atoms with Crippen molar-refractivity contribution in [2.45, 2.75) is 22.9 Å². The second-order valence-electron chi connectivity index (χ2n) is 7.93. The van der Waals surface area contributed by atoms with Crippen molar-refractivity contribution in [3.05, 3.63) is 53.8 Å². The first-order chi connectivity index (χ1) is 18.7. The van der Waals surface area contributed by atoms with Crippen LogP contribution in [-0.4, -0.2) is 84.0 Å². The van der Waals surface area contributed by atoms with Crippen LogP contribution in [-0.2, 0) is 30.6 Å². The van der Waals surface area contributed by atoms with Crippen LogP contribution in [0.1, 0.15) is 5.82 Å². The van der Waals surface area contributed by atoms with Gasteiger partial charge in [0.2, 0.25) is 11.5 Å². The van der Waals surface area contributed by atoms with Gasteiger partial charge in [-0.2, -0.15) is 9.36 Å². The third-order valence-corrected chi connectivity index (χ3v) is 8.24. The number of nitrogens with zero attached hydrogens (tertiary/aromatic N) is 5. The van der Waals surface area contributed by atoms with E-state index >= 15 is 0 Å². The molecule has 39 heavy (non-hydrogen) atoms. The largest absolute Gasteiger partial charge is 0.481 e. The lowest BCUT2D eigenvalue weighted by Crippen LogP contribution is -2.71. The predicted octanol–water partition coefficient (Wildman–Crippen LogP) is -0.0700. The maximum absolute atomic E-state index is 12.9. The zero-order chi connectivity index (χ0) is 28.1. The molecule has 0 aromatic carbocycles. The van der Waals surface area contributed by atoms with Gasteiger partial charge in [0.05, 0.1) is 5.75 Å². The van der Waals surface area contributed by atoms with Crippen molar-refractivity contribution in [1.82, 2.24) is 19.6 Å². The predicted molar refractivity (Wildman–Crippen MR) is 142 cm³/mol. The van der Waals surface area contributed by atoms with Gasteiger partial charge in [0.1, 0.15) is 24.2 Å². The van der Waals surface area contributed by atoms with Crippen LogP contribution >= 0.6 is 35.1 Å². The summed E-state index contributed by atoms with van der Waals surface area (Å²) in [5.74, 6) is -3.27. The Morgan fingerprint density at radius 2 is 2.10 bits per heavy atom. The van der Waals surface area contributed by atoms with Crippen molar-refractivity contribution in [3.63, 3.8) is 0 Å². The first kappa shape index (κ1) is 28.1. The molecule has 0 bridgehead atoms. The molecule has 2 aromatic heterocycles. The first-order valence-electron chi connectivity index (χ1n) is 11.1. The number of aliphatic carboxylic acids is 2. The number of β-lactam (4-membered cyclic amide) rings is 1. The molecule has 1 fully saturated rings. The smallest absolute Gasteiger partial charge is 0.352 e. The molecular formula is C22H22N7O7S3+. The van der Waals surface area contributed by atoms with Gasteiger partial charge in [-0.1, -0.05) is 11.2 Å². The average Bonchev–Trinajstić information content (AvgIpc) is 3.34. The lowest BCUT2D eigenvalue weighted by molar-refractivity contribution is -0.687. The van der Waals surface area contributed by atoms with Gasteiger partial charge < -0.3 is 26.1 Å². The van der Waals surface area contributed by atoms with E-state index in [9.17, 15) is 24.3 Å². The number of amides is 2. The summed E-state index contributed by atoms with van der Waals surface area (Å²) >= 11 is 3.39. The zero-order valence-electron chi connectivity index (χ0n) is 20.2. The van der Waals surface area contributed by atoms with E-state index in [0.29, 0.717) is 17.9 Å². The van der Waals surface area contributed by atoms with Crippen molar-refractivity contribution in [1.29, 1.82) is 0 Å². The number of carbonyl (C=O) groups excluding carboxylic acids is 2. The highest BCUT2D eigenvalue weighted by molar-refractivity contribution is 8.00. The molecule has 4 rings (SSSR count). The Bertz CT molecular complexity index is 1390. The van der Waals surface area contributed by atoms with E-state index in [2.05, 4.69) is 19.8 Å². The highest BCUT2D eigenvalue weighted by Gasteiger charge is 2.54. The van der Waals surface area contributed by atoms with E-state index in [1.54, 1.807) is 36.7 Å². The van der Waals surface area contributed by atoms with Crippen LogP contribution < -0.4 is 15.6 Å². The summed E-state index contributed by atoms with van der Waals surface area (Å²) in [6.45, 7) is 0.428. The Kier molecular flexibility index (Phi) is 8.82. The molecule has 0 radical (unpaired) electrons. The molecule has 0 saturated carbocycles. The molecule has 14 nitrogen and oxygen atoms in total. The third kappa shape index (κ3) is 6.37. The van der Waals surface area contributed by atoms with Crippen molar-refractivity contribution in [2.75, 3.05) is 24.3 Å². The van der Waals surface area contributed by atoms with Crippen molar-refractivity contribution >= 4 is 69.7 Å². The van der Waals surface area contributed by atoms with Crippen molar-refractivity contribution in [2.24, 2.45) is 5.16 Å². The molecule has 0 aliphatic carbocycles. The standard InChI is InChI=1S/C22H21N7O7S3/c1-36-26-14(17-25-22(23)39-27-17)18(32)24-15-19(33)29-16(21(34)35)11(9-38-20(15)29)3-2-6-28-7-4-12(5-8-28)37-10-13(30)31/h2-5,7-8,15,20H,6,9-10H2,1H3,(H4-,23,24,25,27,30,31,32,34,35)/p+1/t15?,20-/m0/s1. The lowest BCUT2D eigenvalue weighted by atomic mass is 10.0. The second kappa shape index (κ2) is 12.3. The molecule has 0 spiro atoms. The normalized spacial score (nSPS) is 19.1. The minimum atomic E-state index is -1.26. The number of pyridine rings is 1. The number of fused-ring (bicyclic) bond motifs is 1. The SMILES string of the molecule is CON=C(C(=O)NC1C(=O)N2C(C(=O)O)=C(C=CC[n+]3ccc(SCC(=O)O)cc3)CS[C@@H]12)c1nsc(N)n1. The number of nitrogens with two attached hydrogens (primary N) is 1. The molecule has 2 aromatic rings. The topological polar surface area (TPSA) is 201 Å². The van der Waals surface area contributed by atoms with Gasteiger partial charge in [-0.05, 0) is 11.6 Å². The van der Waals surface area contributed by atoms with Crippen molar-refractivity contribution < 1.29 is 38.8 Å². The number of carbonyl (C=O) groups is 4. The molecule has 2 aliphatic rings. The van der Waals surface area contributed by atoms with Gasteiger partial charge >= 0.3 is 11.9 Å². The van der Waals surface area contributed by atoms with Crippen LogP contribution in [0.5, 0.6) is 0 Å². The maximum Gasteiger partial charge on any atom is 0.352 e. The fraction of sp³-hybridized carbons (Fsp3) is 0.273. The quantitative estimate of drug-likeness (QED) is 0.0891. The Labute approximate surface area is 233 Å². The van der Waals surface area contributed by atoms with Gasteiger partial charge in [0, 0.05) is 34.3 Å². The number of aromatic nitrogens is 3. The minimum absolute atomic E-state index is 0.0332. The van der Waals surface area contributed by atoms with Gasteiger partial charge in [-0.3, -0.25) is 19.3 Å². The van der Waals surface area contributed by atoms with Crippen LogP contribution in [0, 0.1) is 0 Å². The Balaban J connectivity index is 1.43. The Morgan fingerprint density at radius 1 is 1.36 bits per heavy atom. The fourth-order valence-electron chi connectivity index (χ4n) is 3.71. The third-order valence-electron chi connectivity index (χ3n) is 5.40. The maximum atomic E-state index is 12.9. The molecule has 2 atom stereocenters. The number of allylic oxidation sites excluding steroid dienone is 2. The number of nitrogen functional groups attached to an aromatic ring is 1. The average molecular weight is 593 g/mol. The summed E-state index contributed by atoms with van der Waals surface area (Å²) in [5.41, 5.74) is 5.63. The van der Waals surface area contributed by atoms with Gasteiger partial charge in [0.15, 0.2) is 24.1 Å². The van der Waals surface area contributed by atoms with E-state index in [-0.39, 0.29) is 28.1 Å². The number of carboxylic acids is 2. The summed E-state index contributed by atoms with van der Waals surface area (Å²) in [5, 5.41) is 24.4. The zero-order valence-corrected chi connectivity index (χ0v) is 22.7. The molecule has 17 heteroatoms. The number of rotatable bonds is 11. The summed E-state index contributed by atoms with van der Waals surface area (Å²) in [6.07, 6.45) is 7.01. The monoisotopic (exact) mass is 592 g/mol. The van der Waals surface area contributed by atoms with Crippen LogP contribution in [0.15, 0.2) is 58.0 Å². The molecular weight excluding hydrogens is 570 g/mol. The Hall–Kier alpha value is -3.96. The van der Waals surface area contributed by atoms with Gasteiger partial charge in [-0.25, -0.2) is 9.36 Å². The minimum Gasteiger partial charge on any atom is -0.481 e. The van der Waals surface area contributed by atoms with Crippen LogP contribution in [0.2, 0.25) is 0 Å². The number of thioether (sulfide) groups is 2. The summed E-state index contributed by atoms with van der Waals surface area (Å²) in [4.78, 5) is 59.2. The second-order valence-corrected chi connectivity index (χ2v) is 10.9. The molecule has 2 aliphatic heterocycles. The number of anilines is 1. The highest BCUT2D eigenvalue weighted by Crippen LogP contribution is 2.40. The van der Waals surface area contributed by atoms with Crippen LogP contribution in [0.3, 0.4) is 0 Å². The lowest BCUT2D eigenvalue weighted by Gasteiger charge is -2.49. The number of hydrogen-bond donors (Lipinski definition) is 4. The van der Waals surface area contributed by atoms with Crippen LogP contribution in [0.4, 0.5) is 5.13 Å². The van der Waals surface area contributed by atoms with E-state index in [1.165, 1.54) is 30.6 Å². The van der Waals surface area contributed by atoms with Crippen LogP contribution in [0.25, 0.3) is 0 Å². The number of hydrogen-bond acceptors (Lipinski definition) is 12. The fourth-order valence-corrected chi connectivity index (χ4v) is 6.07. The molecule has 5 N–H and O–H groups in total. The molecule has 204 valence electrons. The van der Waals surface area contributed by atoms with E-state index in [1.807, 2.05) is 4.57 Å².